The van der Waals surface area contributed by atoms with Gasteiger partial charge < -0.3 is 5.32 Å². The van der Waals surface area contributed by atoms with Gasteiger partial charge in [0.1, 0.15) is 11.5 Å². The zero-order valence-electron chi connectivity index (χ0n) is 12.4. The van der Waals surface area contributed by atoms with Crippen molar-refractivity contribution in [2.75, 3.05) is 10.7 Å². The van der Waals surface area contributed by atoms with Gasteiger partial charge >= 0.3 is 0 Å². The molecule has 0 saturated carbocycles. The van der Waals surface area contributed by atoms with Crippen molar-refractivity contribution in [3.05, 3.63) is 58.4 Å². The molecule has 2 aromatic carbocycles. The van der Waals surface area contributed by atoms with Crippen molar-refractivity contribution in [2.24, 2.45) is 5.14 Å². The van der Waals surface area contributed by atoms with Crippen LogP contribution in [-0.2, 0) is 10.0 Å². The van der Waals surface area contributed by atoms with Gasteiger partial charge in [-0.3, -0.25) is 21.0 Å². The molecule has 0 bridgehead atoms. The minimum absolute atomic E-state index is 0.0272. The van der Waals surface area contributed by atoms with Crippen LogP contribution in [0.2, 0.25) is 0 Å². The molecule has 0 unspecified atom stereocenters. The van der Waals surface area contributed by atoms with E-state index in [0.29, 0.717) is 5.69 Å². The van der Waals surface area contributed by atoms with E-state index in [0.717, 1.165) is 12.1 Å². The summed E-state index contributed by atoms with van der Waals surface area (Å²) in [4.78, 5) is 9.93. The third-order valence-electron chi connectivity index (χ3n) is 2.91. The molecule has 0 heterocycles. The first kappa shape index (κ1) is 18.5. The fourth-order valence-corrected chi connectivity index (χ4v) is 2.47. The average Bonchev–Trinajstić information content (AvgIpc) is 2.54. The number of nitro groups is 1. The Morgan fingerprint density at radius 3 is 2.40 bits per heavy atom. The van der Waals surface area contributed by atoms with E-state index in [1.807, 2.05) is 0 Å². The van der Waals surface area contributed by atoms with Crippen molar-refractivity contribution in [1.29, 1.82) is 0 Å². The molecule has 0 spiro atoms. The summed E-state index contributed by atoms with van der Waals surface area (Å²) in [6, 6.07) is 8.48. The van der Waals surface area contributed by atoms with Crippen LogP contribution in [0.5, 0.6) is 0 Å². The Morgan fingerprint density at radius 1 is 1.20 bits per heavy atom. The van der Waals surface area contributed by atoms with Crippen molar-refractivity contribution in [3.8, 4) is 0 Å². The summed E-state index contributed by atoms with van der Waals surface area (Å²) in [6.45, 7) is 0. The van der Waals surface area contributed by atoms with Crippen molar-refractivity contribution < 1.29 is 17.7 Å². The Labute approximate surface area is 147 Å². The molecule has 5 N–H and O–H groups in total. The SMILES string of the molecule is NS(=O)(=O)c1ccc(NNC(=S)Nc2ccc(F)cc2)c([N+](=O)[O-])c1. The molecule has 0 radical (unpaired) electrons. The number of sulfonamides is 1. The lowest BCUT2D eigenvalue weighted by atomic mass is 10.3. The van der Waals surface area contributed by atoms with Crippen LogP contribution in [0.15, 0.2) is 47.4 Å². The highest BCUT2D eigenvalue weighted by Gasteiger charge is 2.19. The summed E-state index contributed by atoms with van der Waals surface area (Å²) in [5.41, 5.74) is 4.97. The Kier molecular flexibility index (Phi) is 5.46. The Morgan fingerprint density at radius 2 is 1.84 bits per heavy atom. The van der Waals surface area contributed by atoms with Crippen LogP contribution in [0.1, 0.15) is 0 Å². The molecule has 0 aliphatic rings. The van der Waals surface area contributed by atoms with E-state index >= 15 is 0 Å². The fourth-order valence-electron chi connectivity index (χ4n) is 1.76. The van der Waals surface area contributed by atoms with E-state index < -0.39 is 31.3 Å². The minimum atomic E-state index is -4.07. The molecule has 25 heavy (non-hydrogen) atoms. The van der Waals surface area contributed by atoms with Crippen LogP contribution >= 0.6 is 12.2 Å². The molecular weight excluding hydrogens is 373 g/mol. The van der Waals surface area contributed by atoms with E-state index in [1.165, 1.54) is 30.3 Å². The van der Waals surface area contributed by atoms with Gasteiger partial charge in [0.05, 0.1) is 9.82 Å². The third-order valence-corrected chi connectivity index (χ3v) is 4.02. The number of hydrogen-bond acceptors (Lipinski definition) is 6. The molecule has 0 aliphatic carbocycles. The highest BCUT2D eigenvalue weighted by Crippen LogP contribution is 2.26. The standard InChI is InChI=1S/C13H12FN5O4S2/c14-8-1-3-9(4-2-8)16-13(24)18-17-11-6-5-10(25(15,22)23)7-12(11)19(20)21/h1-7,17H,(H2,15,22,23)(H2,16,18,24). The fraction of sp³-hybridized carbons (Fsp3) is 0. The van der Waals surface area contributed by atoms with Crippen LogP contribution in [0, 0.1) is 15.9 Å². The summed E-state index contributed by atoms with van der Waals surface area (Å²) >= 11 is 5.00. The first-order chi connectivity index (χ1) is 11.7. The quantitative estimate of drug-likeness (QED) is 0.346. The summed E-state index contributed by atoms with van der Waals surface area (Å²) in [6.07, 6.45) is 0. The summed E-state index contributed by atoms with van der Waals surface area (Å²) in [5.74, 6) is -0.409. The topological polar surface area (TPSA) is 139 Å². The van der Waals surface area contributed by atoms with Crippen molar-refractivity contribution in [1.82, 2.24) is 5.43 Å². The van der Waals surface area contributed by atoms with Gasteiger partial charge in [0.2, 0.25) is 10.0 Å². The predicted molar refractivity (Wildman–Crippen MR) is 93.8 cm³/mol. The minimum Gasteiger partial charge on any atom is -0.331 e. The number of hydrazine groups is 1. The lowest BCUT2D eigenvalue weighted by Gasteiger charge is -2.13. The van der Waals surface area contributed by atoms with Crippen molar-refractivity contribution >= 4 is 44.4 Å². The van der Waals surface area contributed by atoms with Crippen LogP contribution in [0.25, 0.3) is 0 Å². The second-order valence-corrected chi connectivity index (χ2v) is 6.66. The molecule has 132 valence electrons. The van der Waals surface area contributed by atoms with Gasteiger partial charge in [-0.15, -0.1) is 0 Å². The summed E-state index contributed by atoms with van der Waals surface area (Å²) in [7, 11) is -4.07. The zero-order chi connectivity index (χ0) is 18.6. The Bertz CT molecular complexity index is 919. The van der Waals surface area contributed by atoms with Crippen LogP contribution in [0.4, 0.5) is 21.5 Å². The average molecular weight is 385 g/mol. The van der Waals surface area contributed by atoms with Crippen LogP contribution < -0.4 is 21.3 Å². The predicted octanol–water partition coefficient (Wildman–Crippen LogP) is 1.69. The number of halogens is 1. The summed E-state index contributed by atoms with van der Waals surface area (Å²) in [5, 5.41) is 18.8. The number of nitro benzene ring substituents is 1. The molecule has 0 amide bonds. The number of rotatable bonds is 5. The zero-order valence-corrected chi connectivity index (χ0v) is 14.0. The number of nitrogens with two attached hydrogens (primary N) is 1. The highest BCUT2D eigenvalue weighted by atomic mass is 32.2. The number of benzene rings is 2. The van der Waals surface area contributed by atoms with Gasteiger partial charge in [0, 0.05) is 11.8 Å². The van der Waals surface area contributed by atoms with Crippen LogP contribution in [-0.4, -0.2) is 18.5 Å². The maximum absolute atomic E-state index is 12.8. The molecule has 9 nitrogen and oxygen atoms in total. The largest absolute Gasteiger partial charge is 0.331 e. The molecule has 12 heteroatoms. The number of nitrogens with zero attached hydrogens (tertiary/aromatic N) is 1. The maximum Gasteiger partial charge on any atom is 0.295 e. The first-order valence-corrected chi connectivity index (χ1v) is 8.52. The Balaban J connectivity index is 2.10. The van der Waals surface area contributed by atoms with E-state index in [9.17, 15) is 22.9 Å². The van der Waals surface area contributed by atoms with E-state index in [-0.39, 0.29) is 10.8 Å². The molecule has 0 fully saturated rings. The number of thiocarbonyl (C=S) groups is 1. The maximum atomic E-state index is 12.8. The molecule has 2 rings (SSSR count). The van der Waals surface area contributed by atoms with Crippen LogP contribution in [0.3, 0.4) is 0 Å². The molecular formula is C13H12FN5O4S2. The van der Waals surface area contributed by atoms with Gasteiger partial charge in [-0.1, -0.05) is 0 Å². The smallest absolute Gasteiger partial charge is 0.295 e. The van der Waals surface area contributed by atoms with Crippen molar-refractivity contribution in [2.45, 2.75) is 4.90 Å². The molecule has 2 aromatic rings. The second-order valence-electron chi connectivity index (χ2n) is 4.69. The molecule has 0 aromatic heterocycles. The number of nitrogens with one attached hydrogen (secondary N) is 3. The van der Waals surface area contributed by atoms with Gasteiger partial charge in [-0.25, -0.2) is 17.9 Å². The first-order valence-electron chi connectivity index (χ1n) is 6.56. The van der Waals surface area contributed by atoms with E-state index in [4.69, 9.17) is 17.4 Å². The number of anilines is 2. The van der Waals surface area contributed by atoms with Gasteiger partial charge in [0.25, 0.3) is 5.69 Å². The summed E-state index contributed by atoms with van der Waals surface area (Å²) < 4.78 is 35.4. The van der Waals surface area contributed by atoms with Crippen molar-refractivity contribution in [3.63, 3.8) is 0 Å². The number of primary sulfonamides is 1. The monoisotopic (exact) mass is 385 g/mol. The molecule has 0 aliphatic heterocycles. The van der Waals surface area contributed by atoms with E-state index in [1.54, 1.807) is 0 Å². The third kappa shape index (κ3) is 5.07. The van der Waals surface area contributed by atoms with E-state index in [2.05, 4.69) is 16.2 Å². The lowest BCUT2D eigenvalue weighted by Crippen LogP contribution is -2.33. The Hall–Kier alpha value is -2.83. The van der Waals surface area contributed by atoms with Gasteiger partial charge in [-0.05, 0) is 48.6 Å². The lowest BCUT2D eigenvalue weighted by molar-refractivity contribution is -0.384. The number of hydrogen-bond donors (Lipinski definition) is 4. The molecule has 0 saturated heterocycles. The normalized spacial score (nSPS) is 10.8. The van der Waals surface area contributed by atoms with Gasteiger partial charge in [-0.2, -0.15) is 0 Å². The highest BCUT2D eigenvalue weighted by molar-refractivity contribution is 7.89. The second kappa shape index (κ2) is 7.38. The molecule has 0 atom stereocenters. The van der Waals surface area contributed by atoms with Gasteiger partial charge in [0.15, 0.2) is 5.11 Å².